The van der Waals surface area contributed by atoms with E-state index in [1.165, 1.54) is 11.8 Å². The largest absolute Gasteiger partial charge is 0.313 e. The van der Waals surface area contributed by atoms with Crippen LogP contribution in [0.5, 0.6) is 0 Å². The lowest BCUT2D eigenvalue weighted by molar-refractivity contribution is -0.139. The van der Waals surface area contributed by atoms with Gasteiger partial charge in [0.2, 0.25) is 5.91 Å². The van der Waals surface area contributed by atoms with Crippen molar-refractivity contribution in [1.29, 1.82) is 0 Å². The molecule has 2 saturated heterocycles. The average molecular weight is 535 g/mol. The first-order chi connectivity index (χ1) is 17.3. The fourth-order valence-corrected chi connectivity index (χ4v) is 8.47. The van der Waals surface area contributed by atoms with Gasteiger partial charge in [0.25, 0.3) is 5.91 Å². The first-order valence-electron chi connectivity index (χ1n) is 11.6. The molecule has 36 heavy (non-hydrogen) atoms. The van der Waals surface area contributed by atoms with Crippen LogP contribution in [0, 0.1) is 0 Å². The monoisotopic (exact) mass is 534 g/mol. The highest BCUT2D eigenvalue weighted by Gasteiger charge is 2.78. The summed E-state index contributed by atoms with van der Waals surface area (Å²) < 4.78 is -0.737. The number of anilines is 1. The van der Waals surface area contributed by atoms with Crippen LogP contribution in [0.1, 0.15) is 22.6 Å². The van der Waals surface area contributed by atoms with E-state index in [-0.39, 0.29) is 17.7 Å². The van der Waals surface area contributed by atoms with Crippen LogP contribution >= 0.6 is 35.6 Å². The maximum absolute atomic E-state index is 14.8. The van der Waals surface area contributed by atoms with Crippen molar-refractivity contribution in [3.63, 3.8) is 0 Å². The number of carbonyl (C=O) groups excluding carboxylic acids is 2. The number of hydrogen-bond acceptors (Lipinski definition) is 6. The Labute approximate surface area is 224 Å². The normalized spacial score (nSPS) is 27.6. The predicted octanol–water partition coefficient (Wildman–Crippen LogP) is 4.44. The van der Waals surface area contributed by atoms with Crippen LogP contribution in [0.4, 0.5) is 5.69 Å². The molecule has 3 aliphatic rings. The molecular weight excluding hydrogens is 512 g/mol. The van der Waals surface area contributed by atoms with E-state index in [0.29, 0.717) is 22.4 Å². The summed E-state index contributed by atoms with van der Waals surface area (Å²) in [6.45, 7) is 0.846. The van der Waals surface area contributed by atoms with Gasteiger partial charge >= 0.3 is 0 Å². The van der Waals surface area contributed by atoms with Gasteiger partial charge in [0.15, 0.2) is 5.54 Å². The summed E-state index contributed by atoms with van der Waals surface area (Å²) in [6, 6.07) is 19.1. The van der Waals surface area contributed by atoms with Crippen LogP contribution in [-0.4, -0.2) is 56.3 Å². The third-order valence-corrected chi connectivity index (χ3v) is 9.88. The fraction of sp³-hybridized carbons (Fsp3) is 0.259. The first kappa shape index (κ1) is 23.6. The quantitative estimate of drug-likeness (QED) is 0.463. The highest BCUT2D eigenvalue weighted by molar-refractivity contribution is 8.25. The van der Waals surface area contributed by atoms with Crippen LogP contribution < -0.4 is 4.90 Å². The van der Waals surface area contributed by atoms with E-state index in [1.54, 1.807) is 35.3 Å². The summed E-state index contributed by atoms with van der Waals surface area (Å²) in [5.74, 6) is -0.602. The Morgan fingerprint density at radius 3 is 2.50 bits per heavy atom. The van der Waals surface area contributed by atoms with Gasteiger partial charge in [-0.25, -0.2) is 0 Å². The standard InChI is InChI=1S/C27H23ClN4O2S2/c1-30-16-21(18-10-12-29-13-11-18)27(24(34)32(25(35)36-27)15-17-6-4-3-5-7-17)26(30)20-14-19(28)8-9-22(20)31(2)23(26)33/h3-14,21H,15-16H2,1-2H3. The minimum Gasteiger partial charge on any atom is -0.313 e. The summed E-state index contributed by atoms with van der Waals surface area (Å²) in [4.78, 5) is 38.6. The molecule has 0 aliphatic carbocycles. The second-order valence-electron chi connectivity index (χ2n) is 9.43. The lowest BCUT2D eigenvalue weighted by Crippen LogP contribution is -2.62. The number of rotatable bonds is 3. The van der Waals surface area contributed by atoms with E-state index in [2.05, 4.69) is 4.98 Å². The fourth-order valence-electron chi connectivity index (χ4n) is 6.17. The summed E-state index contributed by atoms with van der Waals surface area (Å²) in [6.07, 6.45) is 3.46. The maximum Gasteiger partial charge on any atom is 0.254 e. The van der Waals surface area contributed by atoms with Gasteiger partial charge in [0.05, 0.1) is 6.54 Å². The molecule has 9 heteroatoms. The lowest BCUT2D eigenvalue weighted by Gasteiger charge is -2.42. The smallest absolute Gasteiger partial charge is 0.254 e. The van der Waals surface area contributed by atoms with Crippen molar-refractivity contribution < 1.29 is 9.59 Å². The van der Waals surface area contributed by atoms with E-state index in [0.717, 1.165) is 22.4 Å². The van der Waals surface area contributed by atoms with E-state index in [1.807, 2.05) is 66.5 Å². The van der Waals surface area contributed by atoms with Crippen molar-refractivity contribution in [2.75, 3.05) is 25.5 Å². The van der Waals surface area contributed by atoms with Gasteiger partial charge in [0, 0.05) is 48.2 Å². The van der Waals surface area contributed by atoms with Crippen LogP contribution in [0.2, 0.25) is 5.02 Å². The maximum atomic E-state index is 14.8. The first-order valence-corrected chi connectivity index (χ1v) is 13.2. The molecule has 0 saturated carbocycles. The molecule has 2 fully saturated rings. The number of thiocarbonyl (C=S) groups is 1. The molecule has 4 heterocycles. The molecule has 182 valence electrons. The number of carbonyl (C=O) groups is 2. The number of likely N-dealkylation sites (tertiary alicyclic amines) is 1. The Morgan fingerprint density at radius 1 is 1.06 bits per heavy atom. The molecule has 2 aromatic carbocycles. The van der Waals surface area contributed by atoms with E-state index < -0.39 is 10.3 Å². The molecule has 2 amide bonds. The molecular formula is C27H23ClN4O2S2. The molecule has 2 spiro atoms. The van der Waals surface area contributed by atoms with E-state index in [4.69, 9.17) is 23.8 Å². The molecule has 3 unspecified atom stereocenters. The van der Waals surface area contributed by atoms with Crippen molar-refractivity contribution >= 4 is 57.4 Å². The predicted molar refractivity (Wildman–Crippen MR) is 146 cm³/mol. The number of nitrogens with zero attached hydrogens (tertiary/aromatic N) is 4. The van der Waals surface area contributed by atoms with Gasteiger partial charge in [-0.2, -0.15) is 0 Å². The molecule has 3 aliphatic heterocycles. The number of aromatic nitrogens is 1. The number of likely N-dealkylation sites (N-methyl/N-ethyl adjacent to an activating group) is 2. The second kappa shape index (κ2) is 8.38. The van der Waals surface area contributed by atoms with Gasteiger partial charge in [0.1, 0.15) is 9.07 Å². The van der Waals surface area contributed by atoms with Crippen LogP contribution in [0.25, 0.3) is 0 Å². The summed E-state index contributed by atoms with van der Waals surface area (Å²) in [7, 11) is 3.68. The molecule has 0 radical (unpaired) electrons. The topological polar surface area (TPSA) is 56.8 Å². The van der Waals surface area contributed by atoms with Gasteiger partial charge in [-0.3, -0.25) is 24.4 Å². The van der Waals surface area contributed by atoms with Gasteiger partial charge in [-0.1, -0.05) is 65.9 Å². The molecule has 1 aromatic heterocycles. The van der Waals surface area contributed by atoms with Crippen LogP contribution in [0.15, 0.2) is 73.1 Å². The molecule has 6 rings (SSSR count). The number of hydrogen-bond donors (Lipinski definition) is 0. The zero-order valence-corrected chi connectivity index (χ0v) is 22.1. The Bertz CT molecular complexity index is 1410. The zero-order chi connectivity index (χ0) is 25.2. The number of halogens is 1. The summed E-state index contributed by atoms with van der Waals surface area (Å²) >= 11 is 13.7. The van der Waals surface area contributed by atoms with Crippen molar-refractivity contribution in [2.24, 2.45) is 0 Å². The van der Waals surface area contributed by atoms with Gasteiger partial charge in [-0.15, -0.1) is 0 Å². The third-order valence-electron chi connectivity index (χ3n) is 7.70. The Kier molecular flexibility index (Phi) is 5.50. The van der Waals surface area contributed by atoms with Gasteiger partial charge in [-0.05, 0) is 48.5 Å². The van der Waals surface area contributed by atoms with Crippen molar-refractivity contribution in [3.05, 3.63) is 94.8 Å². The zero-order valence-electron chi connectivity index (χ0n) is 19.7. The minimum atomic E-state index is -1.27. The minimum absolute atomic E-state index is 0.149. The SMILES string of the molecule is CN1C(=O)C2(c3cc(Cl)ccc31)N(C)CC(c1ccncc1)C21SC(=S)N(Cc2ccccc2)C1=O. The summed E-state index contributed by atoms with van der Waals surface area (Å²) in [5, 5.41) is 0.520. The molecule has 3 aromatic rings. The van der Waals surface area contributed by atoms with Crippen LogP contribution in [-0.2, 0) is 21.7 Å². The highest BCUT2D eigenvalue weighted by atomic mass is 35.5. The summed E-state index contributed by atoms with van der Waals surface area (Å²) in [5.41, 5.74) is 2.15. The average Bonchev–Trinajstić information content (AvgIpc) is 3.38. The van der Waals surface area contributed by atoms with Crippen LogP contribution in [0.3, 0.4) is 0 Å². The number of benzene rings is 2. The highest BCUT2D eigenvalue weighted by Crippen LogP contribution is 2.66. The van der Waals surface area contributed by atoms with E-state index in [9.17, 15) is 9.59 Å². The number of fused-ring (bicyclic) bond motifs is 3. The number of pyridine rings is 1. The molecule has 0 N–H and O–H groups in total. The Balaban J connectivity index is 1.60. The number of amides is 2. The number of thioether (sulfide) groups is 1. The van der Waals surface area contributed by atoms with E-state index >= 15 is 0 Å². The van der Waals surface area contributed by atoms with Crippen molar-refractivity contribution in [1.82, 2.24) is 14.8 Å². The van der Waals surface area contributed by atoms with Crippen molar-refractivity contribution in [2.45, 2.75) is 22.7 Å². The molecule has 6 nitrogen and oxygen atoms in total. The Hall–Kier alpha value is -2.78. The van der Waals surface area contributed by atoms with Crippen molar-refractivity contribution in [3.8, 4) is 0 Å². The van der Waals surface area contributed by atoms with Gasteiger partial charge < -0.3 is 4.90 Å². The third kappa shape index (κ3) is 2.96. The second-order valence-corrected chi connectivity index (χ2v) is 11.7. The molecule has 0 bridgehead atoms. The Morgan fingerprint density at radius 2 is 1.78 bits per heavy atom. The molecule has 3 atom stereocenters. The lowest BCUT2D eigenvalue weighted by atomic mass is 9.72.